The fourth-order valence-corrected chi connectivity index (χ4v) is 4.64. The number of benzene rings is 4. The maximum atomic E-state index is 13.5. The van der Waals surface area contributed by atoms with Crippen molar-refractivity contribution < 1.29 is 9.53 Å². The molecule has 0 radical (unpaired) electrons. The maximum absolute atomic E-state index is 13.5. The minimum absolute atomic E-state index is 0.206. The molecule has 0 aliphatic carbocycles. The van der Waals surface area contributed by atoms with E-state index in [2.05, 4.69) is 20.6 Å². The molecule has 0 bridgehead atoms. The van der Waals surface area contributed by atoms with Crippen LogP contribution < -0.4 is 15.2 Å². The third-order valence-corrected chi connectivity index (χ3v) is 6.56. The van der Waals surface area contributed by atoms with Crippen molar-refractivity contribution in [3.8, 4) is 22.8 Å². The van der Waals surface area contributed by atoms with Gasteiger partial charge in [-0.05, 0) is 36.4 Å². The quantitative estimate of drug-likeness (QED) is 0.241. The van der Waals surface area contributed by atoms with E-state index in [4.69, 9.17) is 4.74 Å². The van der Waals surface area contributed by atoms with Crippen LogP contribution in [0.1, 0.15) is 5.56 Å². The highest BCUT2D eigenvalue weighted by atomic mass is 32.1. The first-order valence-electron chi connectivity index (χ1n) is 11.9. The number of nitrogens with one attached hydrogen (secondary N) is 1. The normalized spacial score (nSPS) is 14.0. The third-order valence-electron chi connectivity index (χ3n) is 5.74. The number of para-hydroxylation sites is 1. The van der Waals surface area contributed by atoms with Gasteiger partial charge in [-0.2, -0.15) is 15.2 Å². The van der Waals surface area contributed by atoms with Gasteiger partial charge in [-0.3, -0.25) is 10.2 Å². The summed E-state index contributed by atoms with van der Waals surface area (Å²) in [6, 6.07) is 36.3. The van der Waals surface area contributed by atoms with Crippen molar-refractivity contribution in [3.63, 3.8) is 0 Å². The number of hydrogen-bond donors (Lipinski definition) is 1. The molecule has 1 aliphatic rings. The minimum Gasteiger partial charge on any atom is -0.457 e. The molecule has 0 unspecified atom stereocenters. The summed E-state index contributed by atoms with van der Waals surface area (Å²) in [4.78, 5) is 18.2. The summed E-state index contributed by atoms with van der Waals surface area (Å²) in [6.07, 6.45) is 0. The highest BCUT2D eigenvalue weighted by Gasteiger charge is 2.35. The second-order valence-electron chi connectivity index (χ2n) is 8.32. The van der Waals surface area contributed by atoms with Gasteiger partial charge in [0.15, 0.2) is 5.71 Å². The molecule has 2 heterocycles. The number of hydrazone groups is 2. The standard InChI is InChI=1S/C30H21N5O2S/c36-29-28(33-32-23-16-18-25(19-17-23)37-24-14-8-3-9-15-24)27(22-12-6-2-7-13-22)34-35(29)30-31-26(20-38-30)21-10-4-1-5-11-21/h1-20,32H/b33-28+. The predicted molar refractivity (Wildman–Crippen MR) is 152 cm³/mol. The van der Waals surface area contributed by atoms with E-state index < -0.39 is 0 Å². The van der Waals surface area contributed by atoms with Gasteiger partial charge in [0, 0.05) is 16.5 Å². The molecule has 1 amide bonds. The second-order valence-corrected chi connectivity index (χ2v) is 9.16. The number of hydrogen-bond acceptors (Lipinski definition) is 7. The van der Waals surface area contributed by atoms with Crippen molar-refractivity contribution in [3.05, 3.63) is 126 Å². The minimum atomic E-state index is -0.352. The smallest absolute Gasteiger partial charge is 0.303 e. The van der Waals surface area contributed by atoms with Crippen molar-refractivity contribution >= 4 is 39.5 Å². The largest absolute Gasteiger partial charge is 0.457 e. The van der Waals surface area contributed by atoms with Crippen molar-refractivity contribution in [1.29, 1.82) is 0 Å². The molecule has 5 aromatic rings. The first kappa shape index (κ1) is 23.3. The Kier molecular flexibility index (Phi) is 6.44. The molecule has 0 fully saturated rings. The van der Waals surface area contributed by atoms with Crippen LogP contribution in [0.3, 0.4) is 0 Å². The van der Waals surface area contributed by atoms with Gasteiger partial charge in [0.1, 0.15) is 17.2 Å². The molecular weight excluding hydrogens is 494 g/mol. The summed E-state index contributed by atoms with van der Waals surface area (Å²) in [6.45, 7) is 0. The SMILES string of the molecule is O=C1/C(=N/Nc2ccc(Oc3ccccc3)cc2)C(c2ccccc2)=NN1c1nc(-c2ccccc2)cs1. The van der Waals surface area contributed by atoms with E-state index in [0.717, 1.165) is 22.6 Å². The van der Waals surface area contributed by atoms with E-state index in [1.54, 1.807) is 0 Å². The predicted octanol–water partition coefficient (Wildman–Crippen LogP) is 6.82. The van der Waals surface area contributed by atoms with Crippen LogP contribution in [0.4, 0.5) is 10.8 Å². The maximum Gasteiger partial charge on any atom is 0.303 e. The molecule has 1 aliphatic heterocycles. The number of anilines is 2. The Hall–Kier alpha value is -5.08. The molecule has 8 heteroatoms. The molecule has 0 saturated carbocycles. The van der Waals surface area contributed by atoms with Gasteiger partial charge >= 0.3 is 5.91 Å². The van der Waals surface area contributed by atoms with E-state index >= 15 is 0 Å². The Morgan fingerprint density at radius 1 is 0.737 bits per heavy atom. The van der Waals surface area contributed by atoms with Gasteiger partial charge in [-0.15, -0.1) is 11.3 Å². The number of amides is 1. The van der Waals surface area contributed by atoms with Gasteiger partial charge in [-0.1, -0.05) is 78.9 Å². The van der Waals surface area contributed by atoms with E-state index in [1.165, 1.54) is 16.3 Å². The third kappa shape index (κ3) is 4.93. The topological polar surface area (TPSA) is 79.2 Å². The van der Waals surface area contributed by atoms with Crippen LogP contribution in [0, 0.1) is 0 Å². The van der Waals surface area contributed by atoms with E-state index in [0.29, 0.717) is 22.3 Å². The van der Waals surface area contributed by atoms with Crippen molar-refractivity contribution in [2.45, 2.75) is 0 Å². The van der Waals surface area contributed by atoms with Gasteiger partial charge in [-0.25, -0.2) is 4.98 Å². The Labute approximate surface area is 223 Å². The Morgan fingerprint density at radius 2 is 1.34 bits per heavy atom. The molecule has 0 atom stereocenters. The molecular formula is C30H21N5O2S. The van der Waals surface area contributed by atoms with Crippen LogP contribution in [0.25, 0.3) is 11.3 Å². The lowest BCUT2D eigenvalue weighted by atomic mass is 10.1. The fourth-order valence-electron chi connectivity index (χ4n) is 3.86. The van der Waals surface area contributed by atoms with E-state index in [-0.39, 0.29) is 11.6 Å². The summed E-state index contributed by atoms with van der Waals surface area (Å²) in [7, 11) is 0. The number of aromatic nitrogens is 1. The van der Waals surface area contributed by atoms with Crippen LogP contribution in [0.2, 0.25) is 0 Å². The monoisotopic (exact) mass is 515 g/mol. The second kappa shape index (κ2) is 10.5. The van der Waals surface area contributed by atoms with E-state index in [9.17, 15) is 4.79 Å². The summed E-state index contributed by atoms with van der Waals surface area (Å²) in [5.41, 5.74) is 6.94. The summed E-state index contributed by atoms with van der Waals surface area (Å²) >= 11 is 1.36. The van der Waals surface area contributed by atoms with E-state index in [1.807, 2.05) is 121 Å². The van der Waals surface area contributed by atoms with Crippen LogP contribution in [-0.4, -0.2) is 22.3 Å². The lowest BCUT2D eigenvalue weighted by Crippen LogP contribution is -2.28. The lowest BCUT2D eigenvalue weighted by molar-refractivity contribution is -0.112. The van der Waals surface area contributed by atoms with Crippen LogP contribution in [0.5, 0.6) is 11.5 Å². The summed E-state index contributed by atoms with van der Waals surface area (Å²) in [5.74, 6) is 1.10. The number of ether oxygens (including phenoxy) is 1. The molecule has 1 aromatic heterocycles. The van der Waals surface area contributed by atoms with Crippen molar-refractivity contribution in [1.82, 2.24) is 4.98 Å². The van der Waals surface area contributed by atoms with Crippen molar-refractivity contribution in [2.24, 2.45) is 10.2 Å². The molecule has 6 rings (SSSR count). The Bertz CT molecular complexity index is 1620. The Morgan fingerprint density at radius 3 is 2.03 bits per heavy atom. The zero-order valence-corrected chi connectivity index (χ0v) is 20.9. The number of nitrogens with zero attached hydrogens (tertiary/aromatic N) is 4. The molecule has 38 heavy (non-hydrogen) atoms. The van der Waals surface area contributed by atoms with Crippen LogP contribution in [-0.2, 0) is 4.79 Å². The van der Waals surface area contributed by atoms with Gasteiger partial charge in [0.25, 0.3) is 0 Å². The number of carbonyl (C=O) groups is 1. The van der Waals surface area contributed by atoms with Crippen molar-refractivity contribution in [2.75, 3.05) is 10.4 Å². The summed E-state index contributed by atoms with van der Waals surface area (Å²) < 4.78 is 5.85. The number of rotatable bonds is 7. The Balaban J connectivity index is 1.26. The lowest BCUT2D eigenvalue weighted by Gasteiger charge is -2.08. The molecule has 0 saturated heterocycles. The molecule has 184 valence electrons. The van der Waals surface area contributed by atoms with Gasteiger partial charge < -0.3 is 4.74 Å². The van der Waals surface area contributed by atoms with Crippen LogP contribution >= 0.6 is 11.3 Å². The van der Waals surface area contributed by atoms with Gasteiger partial charge in [0.2, 0.25) is 5.13 Å². The number of thiazole rings is 1. The first-order valence-corrected chi connectivity index (χ1v) is 12.8. The summed E-state index contributed by atoms with van der Waals surface area (Å²) in [5, 5.41) is 12.8. The zero-order chi connectivity index (χ0) is 25.7. The molecule has 4 aromatic carbocycles. The number of carbonyl (C=O) groups excluding carboxylic acids is 1. The zero-order valence-electron chi connectivity index (χ0n) is 20.1. The fraction of sp³-hybridized carbons (Fsp3) is 0. The van der Waals surface area contributed by atoms with Crippen LogP contribution in [0.15, 0.2) is 131 Å². The molecule has 0 spiro atoms. The molecule has 7 nitrogen and oxygen atoms in total. The average Bonchev–Trinajstić information content (AvgIpc) is 3.59. The highest BCUT2D eigenvalue weighted by molar-refractivity contribution is 7.14. The van der Waals surface area contributed by atoms with Gasteiger partial charge in [0.05, 0.1) is 11.4 Å². The average molecular weight is 516 g/mol. The highest BCUT2D eigenvalue weighted by Crippen LogP contribution is 2.30. The first-order chi connectivity index (χ1) is 18.7. The molecule has 1 N–H and O–H groups in total.